The minimum absolute atomic E-state index is 0.0428. The Labute approximate surface area is 174 Å². The maximum Gasteiger partial charge on any atom is 0.255 e. The number of carbonyl (C=O) groups excluding carboxylic acids is 3. The molecule has 5 nitrogen and oxygen atoms in total. The number of amides is 3. The van der Waals surface area contributed by atoms with Gasteiger partial charge in [-0.3, -0.25) is 19.3 Å². The van der Waals surface area contributed by atoms with Crippen LogP contribution in [0.5, 0.6) is 0 Å². The summed E-state index contributed by atoms with van der Waals surface area (Å²) in [7, 11) is 0. The van der Waals surface area contributed by atoms with Crippen LogP contribution in [0.15, 0.2) is 54.6 Å². The van der Waals surface area contributed by atoms with Crippen molar-refractivity contribution in [3.63, 3.8) is 0 Å². The number of imide groups is 1. The average molecular weight is 409 g/mol. The second kappa shape index (κ2) is 7.48. The van der Waals surface area contributed by atoms with Crippen molar-refractivity contribution in [2.75, 3.05) is 10.2 Å². The van der Waals surface area contributed by atoms with E-state index in [2.05, 4.69) is 5.32 Å². The summed E-state index contributed by atoms with van der Waals surface area (Å²) in [4.78, 5) is 39.5. The third-order valence-corrected chi connectivity index (χ3v) is 6.19. The van der Waals surface area contributed by atoms with Crippen molar-refractivity contribution in [2.45, 2.75) is 20.3 Å². The van der Waals surface area contributed by atoms with E-state index in [9.17, 15) is 14.4 Å². The molecule has 1 saturated heterocycles. The van der Waals surface area contributed by atoms with Gasteiger partial charge in [0.2, 0.25) is 11.8 Å². The molecule has 1 fully saturated rings. The minimum Gasteiger partial charge on any atom is -0.322 e. The number of fused-ring (bicyclic) bond motifs is 1. The van der Waals surface area contributed by atoms with Crippen molar-refractivity contribution < 1.29 is 14.4 Å². The molecule has 0 aromatic heterocycles. The zero-order valence-electron chi connectivity index (χ0n) is 16.2. The number of hydrogen-bond acceptors (Lipinski definition) is 3. The molecule has 1 N–H and O–H groups in total. The first kappa shape index (κ1) is 19.4. The van der Waals surface area contributed by atoms with Crippen molar-refractivity contribution in [3.8, 4) is 0 Å². The highest BCUT2D eigenvalue weighted by Gasteiger charge is 2.50. The van der Waals surface area contributed by atoms with Crippen molar-refractivity contribution in [1.82, 2.24) is 0 Å². The number of nitrogens with one attached hydrogen (secondary N) is 1. The Kier molecular flexibility index (Phi) is 5.01. The van der Waals surface area contributed by atoms with Crippen LogP contribution < -0.4 is 10.2 Å². The molecule has 2 aromatic carbocycles. The standard InChI is InChI=1S/C23H21ClN2O3/c1-13-5-3-6-17-20(13)23(29)26(22(17)28)16-11-9-15(10-12-16)21(27)25-19-8-4-7-18(24)14(19)2/h3-5,7-13,17,20H,6H2,1-2H3,(H,25,27)/t13-,17+,20-/m0/s1. The van der Waals surface area contributed by atoms with Gasteiger partial charge in [0, 0.05) is 16.3 Å². The summed E-state index contributed by atoms with van der Waals surface area (Å²) >= 11 is 6.10. The van der Waals surface area contributed by atoms with Crippen LogP contribution in [-0.4, -0.2) is 17.7 Å². The van der Waals surface area contributed by atoms with Crippen molar-refractivity contribution in [1.29, 1.82) is 0 Å². The first-order valence-corrected chi connectivity index (χ1v) is 9.97. The lowest BCUT2D eigenvalue weighted by atomic mass is 9.78. The lowest BCUT2D eigenvalue weighted by Gasteiger charge is -2.22. The molecule has 2 aliphatic rings. The molecule has 4 rings (SSSR count). The zero-order chi connectivity index (χ0) is 20.7. The van der Waals surface area contributed by atoms with Gasteiger partial charge in [0.25, 0.3) is 5.91 Å². The van der Waals surface area contributed by atoms with Gasteiger partial charge in [-0.25, -0.2) is 0 Å². The highest BCUT2D eigenvalue weighted by atomic mass is 35.5. The molecule has 2 aromatic rings. The largest absolute Gasteiger partial charge is 0.322 e. The number of benzene rings is 2. The van der Waals surface area contributed by atoms with E-state index in [0.29, 0.717) is 28.4 Å². The Morgan fingerprint density at radius 3 is 2.52 bits per heavy atom. The molecular formula is C23H21ClN2O3. The molecule has 0 saturated carbocycles. The molecule has 148 valence electrons. The Balaban J connectivity index is 1.54. The van der Waals surface area contributed by atoms with E-state index in [1.807, 2.05) is 26.0 Å². The topological polar surface area (TPSA) is 66.5 Å². The number of rotatable bonds is 3. The van der Waals surface area contributed by atoms with Gasteiger partial charge in [0.1, 0.15) is 0 Å². The highest BCUT2D eigenvalue weighted by Crippen LogP contribution is 2.40. The van der Waals surface area contributed by atoms with Crippen molar-refractivity contribution in [2.24, 2.45) is 17.8 Å². The van der Waals surface area contributed by atoms with E-state index in [1.165, 1.54) is 4.90 Å². The molecule has 1 aliphatic carbocycles. The number of carbonyl (C=O) groups is 3. The first-order valence-electron chi connectivity index (χ1n) is 9.59. The van der Waals surface area contributed by atoms with Crippen LogP contribution in [0.1, 0.15) is 29.3 Å². The molecule has 0 bridgehead atoms. The van der Waals surface area contributed by atoms with Crippen LogP contribution in [0.2, 0.25) is 5.02 Å². The molecule has 6 heteroatoms. The number of hydrogen-bond donors (Lipinski definition) is 1. The third-order valence-electron chi connectivity index (χ3n) is 5.78. The summed E-state index contributed by atoms with van der Waals surface area (Å²) in [5.74, 6) is -1.17. The number of allylic oxidation sites excluding steroid dienone is 2. The maximum atomic E-state index is 12.9. The smallest absolute Gasteiger partial charge is 0.255 e. The van der Waals surface area contributed by atoms with Crippen LogP contribution in [0.3, 0.4) is 0 Å². The number of halogens is 1. The second-order valence-corrected chi connectivity index (χ2v) is 7.99. The van der Waals surface area contributed by atoms with Gasteiger partial charge in [-0.15, -0.1) is 0 Å². The van der Waals surface area contributed by atoms with E-state index < -0.39 is 0 Å². The van der Waals surface area contributed by atoms with Crippen LogP contribution in [0, 0.1) is 24.7 Å². The Hall–Kier alpha value is -2.92. The third kappa shape index (κ3) is 3.36. The van der Waals surface area contributed by atoms with Crippen molar-refractivity contribution >= 4 is 40.7 Å². The fourth-order valence-corrected chi connectivity index (χ4v) is 4.28. The van der Waals surface area contributed by atoms with Crippen LogP contribution >= 0.6 is 11.6 Å². The monoisotopic (exact) mass is 408 g/mol. The Morgan fingerprint density at radius 2 is 1.83 bits per heavy atom. The van der Waals surface area contributed by atoms with E-state index in [4.69, 9.17) is 11.6 Å². The average Bonchev–Trinajstić information content (AvgIpc) is 2.97. The quantitative estimate of drug-likeness (QED) is 0.596. The summed E-state index contributed by atoms with van der Waals surface area (Å²) in [6.07, 6.45) is 4.57. The lowest BCUT2D eigenvalue weighted by Crippen LogP contribution is -2.31. The summed E-state index contributed by atoms with van der Waals surface area (Å²) in [6.45, 7) is 3.80. The van der Waals surface area contributed by atoms with E-state index >= 15 is 0 Å². The van der Waals surface area contributed by atoms with Crippen LogP contribution in [0.25, 0.3) is 0 Å². The molecule has 0 unspecified atom stereocenters. The molecule has 3 amide bonds. The van der Waals surface area contributed by atoms with Gasteiger partial charge < -0.3 is 5.32 Å². The summed E-state index contributed by atoms with van der Waals surface area (Å²) in [6, 6.07) is 11.8. The summed E-state index contributed by atoms with van der Waals surface area (Å²) < 4.78 is 0. The summed E-state index contributed by atoms with van der Waals surface area (Å²) in [5.41, 5.74) is 2.36. The number of anilines is 2. The predicted molar refractivity (Wildman–Crippen MR) is 113 cm³/mol. The fourth-order valence-electron chi connectivity index (χ4n) is 4.10. The highest BCUT2D eigenvalue weighted by molar-refractivity contribution is 6.31. The SMILES string of the molecule is Cc1c(Cl)cccc1NC(=O)c1ccc(N2C(=O)[C@H]3[C@@H](C)C=CC[C@H]3C2=O)cc1. The second-order valence-electron chi connectivity index (χ2n) is 7.58. The van der Waals surface area contributed by atoms with E-state index in [1.54, 1.807) is 42.5 Å². The van der Waals surface area contributed by atoms with Crippen molar-refractivity contribution in [3.05, 3.63) is 70.8 Å². The molecular weight excluding hydrogens is 388 g/mol. The Morgan fingerprint density at radius 1 is 1.10 bits per heavy atom. The molecule has 29 heavy (non-hydrogen) atoms. The van der Waals surface area contributed by atoms with Gasteiger partial charge in [-0.05, 0) is 61.2 Å². The predicted octanol–water partition coefficient (Wildman–Crippen LogP) is 4.60. The van der Waals surface area contributed by atoms with Gasteiger partial charge in [-0.1, -0.05) is 36.7 Å². The van der Waals surface area contributed by atoms with Gasteiger partial charge in [0.05, 0.1) is 17.5 Å². The van der Waals surface area contributed by atoms with Crippen LogP contribution in [0.4, 0.5) is 11.4 Å². The zero-order valence-corrected chi connectivity index (χ0v) is 16.9. The van der Waals surface area contributed by atoms with Gasteiger partial charge in [-0.2, -0.15) is 0 Å². The van der Waals surface area contributed by atoms with E-state index in [-0.39, 0.29) is 35.5 Å². The molecule has 1 aliphatic heterocycles. The van der Waals surface area contributed by atoms with Gasteiger partial charge >= 0.3 is 0 Å². The number of nitrogens with zero attached hydrogens (tertiary/aromatic N) is 1. The summed E-state index contributed by atoms with van der Waals surface area (Å²) in [5, 5.41) is 3.42. The minimum atomic E-state index is -0.304. The normalized spacial score (nSPS) is 23.3. The molecule has 0 spiro atoms. The fraction of sp³-hybridized carbons (Fsp3) is 0.261. The first-order chi connectivity index (χ1) is 13.9. The molecule has 0 radical (unpaired) electrons. The molecule has 3 atom stereocenters. The molecule has 1 heterocycles. The lowest BCUT2D eigenvalue weighted by molar-refractivity contribution is -0.122. The van der Waals surface area contributed by atoms with Gasteiger partial charge in [0.15, 0.2) is 0 Å². The van der Waals surface area contributed by atoms with E-state index in [0.717, 1.165) is 5.56 Å². The Bertz CT molecular complexity index is 1030. The maximum absolute atomic E-state index is 12.9. The van der Waals surface area contributed by atoms with Crippen LogP contribution in [-0.2, 0) is 9.59 Å².